The summed E-state index contributed by atoms with van der Waals surface area (Å²) in [7, 11) is 0. The van der Waals surface area contributed by atoms with Gasteiger partial charge in [-0.1, -0.05) is 299 Å². The van der Waals surface area contributed by atoms with Gasteiger partial charge in [0, 0.05) is 19.3 Å². The van der Waals surface area contributed by atoms with Gasteiger partial charge >= 0.3 is 17.9 Å². The topological polar surface area (TPSA) is 78.9 Å². The molecule has 0 aliphatic heterocycles. The number of carbonyl (C=O) groups is 3. The summed E-state index contributed by atoms with van der Waals surface area (Å²) >= 11 is 0. The SMILES string of the molecule is CC/C=C\C/C=C\C/C=C\C/C=C\CCCCCCC(=O)OCC(COC(=O)CCCCCCCCCCCCC/C=C\CCCCCCCCCC)OC(=O)CCCCCCCCCCC/C=C\CCCCCCCCCC. The van der Waals surface area contributed by atoms with Crippen LogP contribution in [0.4, 0.5) is 0 Å². The quantitative estimate of drug-likeness (QED) is 0.0261. The molecule has 0 aromatic carbocycles. The molecule has 79 heavy (non-hydrogen) atoms. The minimum absolute atomic E-state index is 0.0825. The van der Waals surface area contributed by atoms with E-state index in [4.69, 9.17) is 14.2 Å². The summed E-state index contributed by atoms with van der Waals surface area (Å²) in [4.78, 5) is 38.4. The molecule has 6 nitrogen and oxygen atoms in total. The zero-order valence-corrected chi connectivity index (χ0v) is 52.6. The lowest BCUT2D eigenvalue weighted by Gasteiger charge is -2.18. The Morgan fingerprint density at radius 3 is 0.785 bits per heavy atom. The van der Waals surface area contributed by atoms with Gasteiger partial charge in [-0.05, 0) is 109 Å². The Hall–Kier alpha value is -3.15. The van der Waals surface area contributed by atoms with Gasteiger partial charge in [-0.15, -0.1) is 0 Å². The Morgan fingerprint density at radius 2 is 0.494 bits per heavy atom. The first kappa shape index (κ1) is 75.8. The predicted octanol–water partition coefficient (Wildman–Crippen LogP) is 23.7. The van der Waals surface area contributed by atoms with Gasteiger partial charge in [-0.2, -0.15) is 0 Å². The molecule has 0 saturated heterocycles. The van der Waals surface area contributed by atoms with Crippen molar-refractivity contribution < 1.29 is 28.6 Å². The summed E-state index contributed by atoms with van der Waals surface area (Å²) in [6.45, 7) is 6.56. The summed E-state index contributed by atoms with van der Waals surface area (Å²) in [5.41, 5.74) is 0. The fourth-order valence-corrected chi connectivity index (χ4v) is 10.0. The van der Waals surface area contributed by atoms with Crippen LogP contribution in [0.2, 0.25) is 0 Å². The zero-order chi connectivity index (χ0) is 57.1. The van der Waals surface area contributed by atoms with E-state index < -0.39 is 6.10 Å². The predicted molar refractivity (Wildman–Crippen MR) is 344 cm³/mol. The Kier molecular flexibility index (Phi) is 64.7. The van der Waals surface area contributed by atoms with E-state index in [2.05, 4.69) is 93.7 Å². The molecule has 6 heteroatoms. The Labute approximate surface area is 491 Å². The molecule has 0 aromatic rings. The molecule has 1 unspecified atom stereocenters. The van der Waals surface area contributed by atoms with Gasteiger partial charge in [0.05, 0.1) is 0 Å². The molecular weight excluding hydrogens is 973 g/mol. The molecule has 0 rings (SSSR count). The third kappa shape index (κ3) is 65.5. The van der Waals surface area contributed by atoms with E-state index in [-0.39, 0.29) is 31.1 Å². The van der Waals surface area contributed by atoms with E-state index in [0.717, 1.165) is 96.3 Å². The van der Waals surface area contributed by atoms with E-state index in [1.54, 1.807) is 0 Å². The Balaban J connectivity index is 4.36. The summed E-state index contributed by atoms with van der Waals surface area (Å²) in [5.74, 6) is -0.891. The van der Waals surface area contributed by atoms with Crippen LogP contribution in [0.25, 0.3) is 0 Å². The van der Waals surface area contributed by atoms with Crippen molar-refractivity contribution in [2.24, 2.45) is 0 Å². The van der Waals surface area contributed by atoms with E-state index in [1.807, 2.05) is 0 Å². The standard InChI is InChI=1S/C73H130O6/c1-4-7-10-13-16-19-22-25-28-31-33-35-36-38-39-42-45-48-51-54-57-60-63-66-72(75)78-69-70(68-77-71(74)65-62-59-56-53-50-47-44-41-30-27-24-21-18-15-12-9-6-3)79-73(76)67-64-61-58-55-52-49-46-43-40-37-34-32-29-26-23-20-17-14-11-8-5-2/h9,12,18,21,27,30-34,44,47,70H,4-8,10-11,13-17,19-20,22-26,28-29,35-43,45-46,48-69H2,1-3H3/b12-9-,21-18-,30-27-,33-31-,34-32-,47-44-. The van der Waals surface area contributed by atoms with Crippen LogP contribution in [-0.2, 0) is 28.6 Å². The molecule has 0 fully saturated rings. The Bertz CT molecular complexity index is 1450. The monoisotopic (exact) mass is 1100 g/mol. The molecule has 0 aliphatic carbocycles. The van der Waals surface area contributed by atoms with Gasteiger partial charge in [0.15, 0.2) is 6.10 Å². The van der Waals surface area contributed by atoms with Crippen LogP contribution < -0.4 is 0 Å². The highest BCUT2D eigenvalue weighted by molar-refractivity contribution is 5.71. The summed E-state index contributed by atoms with van der Waals surface area (Å²) < 4.78 is 17.0. The van der Waals surface area contributed by atoms with E-state index in [0.29, 0.717) is 19.3 Å². The first-order chi connectivity index (χ1) is 39.0. The van der Waals surface area contributed by atoms with Crippen molar-refractivity contribution in [2.75, 3.05) is 13.2 Å². The molecule has 458 valence electrons. The normalized spacial score (nSPS) is 12.5. The second-order valence-electron chi connectivity index (χ2n) is 23.1. The molecule has 0 saturated carbocycles. The third-order valence-corrected chi connectivity index (χ3v) is 15.2. The van der Waals surface area contributed by atoms with E-state index in [9.17, 15) is 14.4 Å². The van der Waals surface area contributed by atoms with Gasteiger partial charge in [-0.25, -0.2) is 0 Å². The lowest BCUT2D eigenvalue weighted by atomic mass is 10.0. The fraction of sp³-hybridized carbons (Fsp3) is 0.795. The number of allylic oxidation sites excluding steroid dienone is 12. The first-order valence-electron chi connectivity index (χ1n) is 34.4. The van der Waals surface area contributed by atoms with Crippen LogP contribution >= 0.6 is 0 Å². The molecule has 0 N–H and O–H groups in total. The molecule has 0 spiro atoms. The maximum absolute atomic E-state index is 13.0. The number of rotatable bonds is 63. The number of hydrogen-bond donors (Lipinski definition) is 0. The maximum Gasteiger partial charge on any atom is 0.306 e. The van der Waals surface area contributed by atoms with Gasteiger partial charge in [0.25, 0.3) is 0 Å². The lowest BCUT2D eigenvalue weighted by Crippen LogP contribution is -2.30. The van der Waals surface area contributed by atoms with Crippen molar-refractivity contribution in [2.45, 2.75) is 361 Å². The number of ether oxygens (including phenoxy) is 3. The van der Waals surface area contributed by atoms with Gasteiger partial charge in [-0.3, -0.25) is 14.4 Å². The van der Waals surface area contributed by atoms with Crippen molar-refractivity contribution in [1.29, 1.82) is 0 Å². The molecule has 0 radical (unpaired) electrons. The fourth-order valence-electron chi connectivity index (χ4n) is 10.0. The highest BCUT2D eigenvalue weighted by Crippen LogP contribution is 2.17. The van der Waals surface area contributed by atoms with Crippen molar-refractivity contribution >= 4 is 17.9 Å². The van der Waals surface area contributed by atoms with Crippen molar-refractivity contribution in [3.63, 3.8) is 0 Å². The van der Waals surface area contributed by atoms with Crippen LogP contribution in [0, 0.1) is 0 Å². The Morgan fingerprint density at radius 1 is 0.266 bits per heavy atom. The number of hydrogen-bond acceptors (Lipinski definition) is 6. The van der Waals surface area contributed by atoms with Crippen molar-refractivity contribution in [3.8, 4) is 0 Å². The molecule has 1 atom stereocenters. The highest BCUT2D eigenvalue weighted by atomic mass is 16.6. The van der Waals surface area contributed by atoms with Crippen LogP contribution in [0.3, 0.4) is 0 Å². The molecule has 0 aliphatic rings. The average molecular weight is 1100 g/mol. The minimum Gasteiger partial charge on any atom is -0.462 e. The highest BCUT2D eigenvalue weighted by Gasteiger charge is 2.19. The summed E-state index contributed by atoms with van der Waals surface area (Å²) in [6, 6.07) is 0. The zero-order valence-electron chi connectivity index (χ0n) is 52.6. The molecule has 0 heterocycles. The van der Waals surface area contributed by atoms with E-state index >= 15 is 0 Å². The smallest absolute Gasteiger partial charge is 0.306 e. The number of unbranched alkanes of at least 4 members (excludes halogenated alkanes) is 40. The molecule has 0 aromatic heterocycles. The number of esters is 3. The molecule has 0 amide bonds. The maximum atomic E-state index is 13.0. The molecule has 0 bridgehead atoms. The van der Waals surface area contributed by atoms with Gasteiger partial charge < -0.3 is 14.2 Å². The van der Waals surface area contributed by atoms with Gasteiger partial charge in [0.2, 0.25) is 0 Å². The second kappa shape index (κ2) is 67.4. The first-order valence-corrected chi connectivity index (χ1v) is 34.4. The molecular formula is C73H130O6. The van der Waals surface area contributed by atoms with Crippen molar-refractivity contribution in [3.05, 3.63) is 72.9 Å². The van der Waals surface area contributed by atoms with Gasteiger partial charge in [0.1, 0.15) is 13.2 Å². The summed E-state index contributed by atoms with van der Waals surface area (Å²) in [6.07, 6.45) is 87.8. The minimum atomic E-state index is -0.789. The van der Waals surface area contributed by atoms with Crippen LogP contribution in [0.15, 0.2) is 72.9 Å². The summed E-state index contributed by atoms with van der Waals surface area (Å²) in [5, 5.41) is 0. The van der Waals surface area contributed by atoms with Crippen LogP contribution in [0.1, 0.15) is 355 Å². The average Bonchev–Trinajstić information content (AvgIpc) is 3.45. The largest absolute Gasteiger partial charge is 0.462 e. The number of carbonyl (C=O) groups excluding carboxylic acids is 3. The second-order valence-corrected chi connectivity index (χ2v) is 23.1. The lowest BCUT2D eigenvalue weighted by molar-refractivity contribution is -0.167. The van der Waals surface area contributed by atoms with E-state index in [1.165, 1.54) is 218 Å². The van der Waals surface area contributed by atoms with Crippen LogP contribution in [0.5, 0.6) is 0 Å². The van der Waals surface area contributed by atoms with Crippen LogP contribution in [-0.4, -0.2) is 37.2 Å². The third-order valence-electron chi connectivity index (χ3n) is 15.2. The van der Waals surface area contributed by atoms with Crippen molar-refractivity contribution in [1.82, 2.24) is 0 Å².